The van der Waals surface area contributed by atoms with Crippen LogP contribution in [0.4, 0.5) is 0 Å². The molecule has 0 radical (unpaired) electrons. The first kappa shape index (κ1) is 12.8. The topological polar surface area (TPSA) is 34.1 Å². The predicted molar refractivity (Wildman–Crippen MR) is 76.3 cm³/mol. The van der Waals surface area contributed by atoms with E-state index in [-0.39, 0.29) is 11.2 Å². The van der Waals surface area contributed by atoms with E-state index in [1.807, 2.05) is 30.3 Å². The Kier molecular flexibility index (Phi) is 2.79. The van der Waals surface area contributed by atoms with Crippen molar-refractivity contribution in [3.05, 3.63) is 42.5 Å². The highest BCUT2D eigenvalue weighted by Crippen LogP contribution is 2.57. The highest BCUT2D eigenvalue weighted by Gasteiger charge is 2.59. The van der Waals surface area contributed by atoms with Gasteiger partial charge in [0.25, 0.3) is 0 Å². The lowest BCUT2D eigenvalue weighted by Gasteiger charge is -2.35. The summed E-state index contributed by atoms with van der Waals surface area (Å²) in [5.41, 5.74) is 1.10. The number of hydrogen-bond acceptors (Lipinski definition) is 2. The maximum atomic E-state index is 12.9. The molecule has 2 bridgehead atoms. The van der Waals surface area contributed by atoms with Gasteiger partial charge in [-0.1, -0.05) is 37.3 Å². The SMILES string of the molecule is C=C1C[C@@]2(S(=O)c3ccccc3)C[C@]1(C)CCC2=O. The summed E-state index contributed by atoms with van der Waals surface area (Å²) in [6.45, 7) is 6.30. The summed E-state index contributed by atoms with van der Waals surface area (Å²) in [6.07, 6.45) is 2.68. The second kappa shape index (κ2) is 4.14. The molecule has 2 saturated carbocycles. The van der Waals surface area contributed by atoms with E-state index in [1.165, 1.54) is 0 Å². The molecule has 1 unspecified atom stereocenters. The van der Waals surface area contributed by atoms with E-state index in [0.29, 0.717) is 19.3 Å². The third kappa shape index (κ3) is 1.75. The Balaban J connectivity index is 2.05. The van der Waals surface area contributed by atoms with Crippen molar-refractivity contribution in [2.75, 3.05) is 0 Å². The lowest BCUT2D eigenvalue weighted by molar-refractivity contribution is -0.123. The Labute approximate surface area is 116 Å². The van der Waals surface area contributed by atoms with Gasteiger partial charge in [0.05, 0.1) is 10.8 Å². The smallest absolute Gasteiger partial charge is 0.152 e. The third-order valence-corrected chi connectivity index (χ3v) is 6.68. The lowest BCUT2D eigenvalue weighted by Crippen LogP contribution is -2.44. The molecule has 3 rings (SSSR count). The highest BCUT2D eigenvalue weighted by atomic mass is 32.2. The fourth-order valence-corrected chi connectivity index (χ4v) is 5.38. The second-order valence-electron chi connectivity index (χ2n) is 6.02. The number of fused-ring (bicyclic) bond motifs is 2. The fraction of sp³-hybridized carbons (Fsp3) is 0.438. The Bertz CT molecular complexity index is 578. The van der Waals surface area contributed by atoms with Crippen molar-refractivity contribution in [3.8, 4) is 0 Å². The van der Waals surface area contributed by atoms with Crippen molar-refractivity contribution in [1.82, 2.24) is 0 Å². The van der Waals surface area contributed by atoms with Gasteiger partial charge in [0.15, 0.2) is 5.78 Å². The van der Waals surface area contributed by atoms with Crippen molar-refractivity contribution >= 4 is 16.6 Å². The van der Waals surface area contributed by atoms with E-state index in [4.69, 9.17) is 0 Å². The normalized spacial score (nSPS) is 35.4. The minimum absolute atomic E-state index is 0.00164. The molecule has 0 aromatic heterocycles. The number of carbonyl (C=O) groups excluding carboxylic acids is 1. The molecule has 0 spiro atoms. The minimum atomic E-state index is -1.27. The number of benzene rings is 1. The first-order valence-corrected chi connectivity index (χ1v) is 7.81. The van der Waals surface area contributed by atoms with Gasteiger partial charge in [-0.2, -0.15) is 0 Å². The average Bonchev–Trinajstić information content (AvgIpc) is 2.65. The standard InChI is InChI=1S/C16H18O2S/c1-12-10-16(11-15(12,2)9-8-14(16)17)19(18)13-6-4-3-5-7-13/h3-7H,1,8-11H2,2H3/t15-,16+,19?/m0/s1. The van der Waals surface area contributed by atoms with E-state index in [1.54, 1.807) is 0 Å². The summed E-state index contributed by atoms with van der Waals surface area (Å²) < 4.78 is 12.2. The summed E-state index contributed by atoms with van der Waals surface area (Å²) in [5, 5.41) is 0. The van der Waals surface area contributed by atoms with Gasteiger partial charge >= 0.3 is 0 Å². The van der Waals surface area contributed by atoms with Gasteiger partial charge in [-0.05, 0) is 36.8 Å². The third-order valence-electron chi connectivity index (χ3n) is 4.75. The predicted octanol–water partition coefficient (Wildman–Crippen LogP) is 3.25. The van der Waals surface area contributed by atoms with Gasteiger partial charge in [-0.15, -0.1) is 0 Å². The number of Topliss-reactive ketones (excluding diaryl/α,β-unsaturated/α-hetero) is 1. The van der Waals surface area contributed by atoms with Crippen LogP contribution in [0.15, 0.2) is 47.4 Å². The molecule has 1 aromatic carbocycles. The van der Waals surface area contributed by atoms with Crippen LogP contribution in [0, 0.1) is 5.41 Å². The zero-order chi connectivity index (χ0) is 13.7. The molecule has 2 nitrogen and oxygen atoms in total. The van der Waals surface area contributed by atoms with Gasteiger partial charge in [0.1, 0.15) is 4.75 Å². The van der Waals surface area contributed by atoms with Crippen molar-refractivity contribution < 1.29 is 9.00 Å². The average molecular weight is 274 g/mol. The van der Waals surface area contributed by atoms with Gasteiger partial charge in [0, 0.05) is 11.3 Å². The lowest BCUT2D eigenvalue weighted by atomic mass is 9.75. The first-order valence-electron chi connectivity index (χ1n) is 6.66. The molecule has 0 saturated heterocycles. The van der Waals surface area contributed by atoms with Gasteiger partial charge in [-0.3, -0.25) is 9.00 Å². The Morgan fingerprint density at radius 2 is 1.95 bits per heavy atom. The molecule has 2 aliphatic rings. The van der Waals surface area contributed by atoms with E-state index in [2.05, 4.69) is 13.5 Å². The monoisotopic (exact) mass is 274 g/mol. The number of hydrogen-bond donors (Lipinski definition) is 0. The Morgan fingerprint density at radius 3 is 2.63 bits per heavy atom. The van der Waals surface area contributed by atoms with Crippen molar-refractivity contribution in [3.63, 3.8) is 0 Å². The molecular formula is C16H18O2S. The molecule has 100 valence electrons. The van der Waals surface area contributed by atoms with Crippen LogP contribution in [0.5, 0.6) is 0 Å². The zero-order valence-corrected chi connectivity index (χ0v) is 12.0. The summed E-state index contributed by atoms with van der Waals surface area (Å²) in [4.78, 5) is 13.2. The van der Waals surface area contributed by atoms with Crippen LogP contribution in [0.1, 0.15) is 32.6 Å². The Morgan fingerprint density at radius 1 is 1.26 bits per heavy atom. The van der Waals surface area contributed by atoms with Crippen LogP contribution in [0.3, 0.4) is 0 Å². The second-order valence-corrected chi connectivity index (χ2v) is 7.81. The van der Waals surface area contributed by atoms with E-state index in [0.717, 1.165) is 16.9 Å². The van der Waals surface area contributed by atoms with Crippen molar-refractivity contribution in [2.45, 2.75) is 42.2 Å². The van der Waals surface area contributed by atoms with E-state index < -0.39 is 15.5 Å². The van der Waals surface area contributed by atoms with Gasteiger partial charge in [0.2, 0.25) is 0 Å². The van der Waals surface area contributed by atoms with Crippen LogP contribution in [-0.4, -0.2) is 14.7 Å². The molecule has 19 heavy (non-hydrogen) atoms. The molecule has 0 heterocycles. The Hall–Kier alpha value is -1.22. The molecule has 3 heteroatoms. The molecule has 0 N–H and O–H groups in total. The number of ketones is 1. The fourth-order valence-electron chi connectivity index (χ4n) is 3.46. The van der Waals surface area contributed by atoms with Crippen molar-refractivity contribution in [1.29, 1.82) is 0 Å². The number of allylic oxidation sites excluding steroid dienone is 1. The van der Waals surface area contributed by atoms with E-state index in [9.17, 15) is 9.00 Å². The largest absolute Gasteiger partial charge is 0.298 e. The van der Waals surface area contributed by atoms with Crippen LogP contribution < -0.4 is 0 Å². The summed E-state index contributed by atoms with van der Waals surface area (Å²) in [5.74, 6) is 0.158. The zero-order valence-electron chi connectivity index (χ0n) is 11.1. The van der Waals surface area contributed by atoms with Crippen molar-refractivity contribution in [2.24, 2.45) is 5.41 Å². The van der Waals surface area contributed by atoms with Gasteiger partial charge < -0.3 is 0 Å². The molecule has 0 amide bonds. The summed E-state index contributed by atoms with van der Waals surface area (Å²) >= 11 is 0. The molecule has 0 aliphatic heterocycles. The van der Waals surface area contributed by atoms with Crippen LogP contribution in [0.25, 0.3) is 0 Å². The van der Waals surface area contributed by atoms with E-state index >= 15 is 0 Å². The number of carbonyl (C=O) groups is 1. The summed E-state index contributed by atoms with van der Waals surface area (Å²) in [6, 6.07) is 9.36. The minimum Gasteiger partial charge on any atom is -0.298 e. The number of rotatable bonds is 2. The maximum absolute atomic E-state index is 12.9. The quantitative estimate of drug-likeness (QED) is 0.776. The molecule has 2 fully saturated rings. The molecular weight excluding hydrogens is 256 g/mol. The molecule has 1 aromatic rings. The maximum Gasteiger partial charge on any atom is 0.152 e. The van der Waals surface area contributed by atoms with Gasteiger partial charge in [-0.25, -0.2) is 0 Å². The summed E-state index contributed by atoms with van der Waals surface area (Å²) in [7, 11) is -1.27. The van der Waals surface area contributed by atoms with Crippen LogP contribution in [-0.2, 0) is 15.6 Å². The highest BCUT2D eigenvalue weighted by molar-refractivity contribution is 7.87. The van der Waals surface area contributed by atoms with Crippen LogP contribution in [0.2, 0.25) is 0 Å². The van der Waals surface area contributed by atoms with Crippen LogP contribution >= 0.6 is 0 Å². The molecule has 2 aliphatic carbocycles. The molecule has 3 atom stereocenters. The first-order chi connectivity index (χ1) is 8.98.